The van der Waals surface area contributed by atoms with E-state index in [1.807, 2.05) is 0 Å². The van der Waals surface area contributed by atoms with Crippen molar-refractivity contribution in [1.82, 2.24) is 10.2 Å². The zero-order valence-corrected chi connectivity index (χ0v) is 11.2. The van der Waals surface area contributed by atoms with E-state index in [9.17, 15) is 13.2 Å². The summed E-state index contributed by atoms with van der Waals surface area (Å²) >= 11 is 0. The van der Waals surface area contributed by atoms with Crippen molar-refractivity contribution >= 4 is 16.0 Å². The first kappa shape index (κ1) is 14.0. The van der Waals surface area contributed by atoms with Crippen LogP contribution in [0.15, 0.2) is 4.90 Å². The number of primary sulfonamides is 1. The zero-order valence-electron chi connectivity index (χ0n) is 10.4. The second-order valence-corrected chi connectivity index (χ2v) is 5.79. The predicted octanol–water partition coefficient (Wildman–Crippen LogP) is -0.299. The minimum absolute atomic E-state index is 0.210. The van der Waals surface area contributed by atoms with E-state index in [4.69, 9.17) is 14.6 Å². The van der Waals surface area contributed by atoms with Gasteiger partial charge in [-0.05, 0) is 6.92 Å². The van der Waals surface area contributed by atoms with Crippen LogP contribution in [0.25, 0.3) is 0 Å². The molecule has 2 heterocycles. The molecule has 0 radical (unpaired) electrons. The minimum Gasteiger partial charge on any atom is -0.457 e. The third-order valence-electron chi connectivity index (χ3n) is 2.81. The SMILES string of the molecule is Cc1[nH]nc(C(=O)OC2CCOCC2)c1S(N)(=O)=O. The topological polar surface area (TPSA) is 124 Å². The van der Waals surface area contributed by atoms with E-state index in [1.165, 1.54) is 6.92 Å². The Kier molecular flexibility index (Phi) is 3.88. The molecule has 1 fully saturated rings. The fourth-order valence-corrected chi connectivity index (χ4v) is 2.78. The highest BCUT2D eigenvalue weighted by atomic mass is 32.2. The third-order valence-corrected chi connectivity index (χ3v) is 3.88. The number of sulfonamides is 1. The van der Waals surface area contributed by atoms with E-state index in [-0.39, 0.29) is 22.4 Å². The highest BCUT2D eigenvalue weighted by molar-refractivity contribution is 7.89. The van der Waals surface area contributed by atoms with Gasteiger partial charge in [0.1, 0.15) is 11.0 Å². The van der Waals surface area contributed by atoms with E-state index in [0.29, 0.717) is 26.1 Å². The molecule has 9 heteroatoms. The van der Waals surface area contributed by atoms with Gasteiger partial charge in [0, 0.05) is 12.8 Å². The molecule has 1 aromatic rings. The molecule has 106 valence electrons. The molecule has 0 aliphatic carbocycles. The van der Waals surface area contributed by atoms with Crippen molar-refractivity contribution in [2.45, 2.75) is 30.8 Å². The highest BCUT2D eigenvalue weighted by Gasteiger charge is 2.29. The number of nitrogens with zero attached hydrogens (tertiary/aromatic N) is 1. The summed E-state index contributed by atoms with van der Waals surface area (Å²) in [5.74, 6) is -0.791. The minimum atomic E-state index is -4.03. The van der Waals surface area contributed by atoms with Crippen molar-refractivity contribution < 1.29 is 22.7 Å². The Balaban J connectivity index is 2.20. The Morgan fingerprint density at radius 2 is 2.11 bits per heavy atom. The molecule has 0 atom stereocenters. The lowest BCUT2D eigenvalue weighted by molar-refractivity contribution is -0.0166. The molecule has 19 heavy (non-hydrogen) atoms. The van der Waals surface area contributed by atoms with Crippen LogP contribution in [-0.4, -0.2) is 43.9 Å². The first-order valence-electron chi connectivity index (χ1n) is 5.76. The van der Waals surface area contributed by atoms with E-state index in [1.54, 1.807) is 0 Å². The van der Waals surface area contributed by atoms with Gasteiger partial charge in [0.2, 0.25) is 10.0 Å². The molecule has 1 aliphatic rings. The van der Waals surface area contributed by atoms with Crippen LogP contribution in [0, 0.1) is 6.92 Å². The summed E-state index contributed by atoms with van der Waals surface area (Å²) in [7, 11) is -4.03. The number of rotatable bonds is 3. The second kappa shape index (κ2) is 5.27. The molecule has 8 nitrogen and oxygen atoms in total. The maximum atomic E-state index is 11.9. The number of nitrogens with one attached hydrogen (secondary N) is 1. The van der Waals surface area contributed by atoms with Crippen LogP contribution in [0.1, 0.15) is 29.0 Å². The number of aryl methyl sites for hydroxylation is 1. The number of ether oxygens (including phenoxy) is 2. The quantitative estimate of drug-likeness (QED) is 0.736. The maximum Gasteiger partial charge on any atom is 0.360 e. The monoisotopic (exact) mass is 289 g/mol. The second-order valence-electron chi connectivity index (χ2n) is 4.29. The fourth-order valence-electron chi connectivity index (χ4n) is 1.91. The Bertz CT molecular complexity index is 574. The van der Waals surface area contributed by atoms with Crippen LogP contribution in [0.4, 0.5) is 0 Å². The number of carbonyl (C=O) groups is 1. The largest absolute Gasteiger partial charge is 0.457 e. The zero-order chi connectivity index (χ0) is 14.0. The van der Waals surface area contributed by atoms with Crippen molar-refractivity contribution in [2.75, 3.05) is 13.2 Å². The lowest BCUT2D eigenvalue weighted by Gasteiger charge is -2.21. The molecule has 0 aromatic carbocycles. The molecule has 0 unspecified atom stereocenters. The van der Waals surface area contributed by atoms with Crippen LogP contribution in [0.5, 0.6) is 0 Å². The maximum absolute atomic E-state index is 11.9. The standard InChI is InChI=1S/C10H15N3O5S/c1-6-9(19(11,15)16)8(13-12-6)10(14)18-7-2-4-17-5-3-7/h7H,2-5H2,1H3,(H,12,13)(H2,11,15,16). The molecular weight excluding hydrogens is 274 g/mol. The first-order valence-corrected chi connectivity index (χ1v) is 7.30. The number of carbonyl (C=O) groups excluding carboxylic acids is 1. The average molecular weight is 289 g/mol. The Labute approximate surface area is 110 Å². The lowest BCUT2D eigenvalue weighted by Crippen LogP contribution is -2.27. The highest BCUT2D eigenvalue weighted by Crippen LogP contribution is 2.19. The summed E-state index contributed by atoms with van der Waals surface area (Å²) in [6.45, 7) is 2.50. The summed E-state index contributed by atoms with van der Waals surface area (Å²) in [5.41, 5.74) is -0.0899. The number of nitrogens with two attached hydrogens (primary N) is 1. The Hall–Kier alpha value is -1.45. The van der Waals surface area contributed by atoms with Crippen molar-refractivity contribution in [3.63, 3.8) is 0 Å². The smallest absolute Gasteiger partial charge is 0.360 e. The molecule has 1 aromatic heterocycles. The van der Waals surface area contributed by atoms with E-state index >= 15 is 0 Å². The summed E-state index contributed by atoms with van der Waals surface area (Å²) < 4.78 is 33.2. The number of aromatic amines is 1. The normalized spacial score (nSPS) is 17.4. The van der Waals surface area contributed by atoms with Crippen molar-refractivity contribution in [3.8, 4) is 0 Å². The number of H-pyrrole nitrogens is 1. The van der Waals surface area contributed by atoms with Crippen LogP contribution < -0.4 is 5.14 Å². The number of hydrogen-bond donors (Lipinski definition) is 2. The van der Waals surface area contributed by atoms with E-state index in [0.717, 1.165) is 0 Å². The summed E-state index contributed by atoms with van der Waals surface area (Å²) in [5, 5.41) is 11.1. The average Bonchev–Trinajstić information content (AvgIpc) is 2.72. The van der Waals surface area contributed by atoms with E-state index in [2.05, 4.69) is 10.2 Å². The third kappa shape index (κ3) is 3.11. The fraction of sp³-hybridized carbons (Fsp3) is 0.600. The molecule has 2 rings (SSSR count). The number of esters is 1. The molecule has 0 bridgehead atoms. The first-order chi connectivity index (χ1) is 8.89. The molecule has 3 N–H and O–H groups in total. The van der Waals surface area contributed by atoms with Crippen LogP contribution >= 0.6 is 0 Å². The van der Waals surface area contributed by atoms with Crippen molar-refractivity contribution in [3.05, 3.63) is 11.4 Å². The van der Waals surface area contributed by atoms with Crippen LogP contribution in [0.2, 0.25) is 0 Å². The van der Waals surface area contributed by atoms with Gasteiger partial charge in [0.15, 0.2) is 5.69 Å². The van der Waals surface area contributed by atoms with Gasteiger partial charge < -0.3 is 9.47 Å². The van der Waals surface area contributed by atoms with E-state index < -0.39 is 16.0 Å². The van der Waals surface area contributed by atoms with Crippen molar-refractivity contribution in [2.24, 2.45) is 5.14 Å². The van der Waals surface area contributed by atoms with Gasteiger partial charge >= 0.3 is 5.97 Å². The Morgan fingerprint density at radius 3 is 2.68 bits per heavy atom. The van der Waals surface area contributed by atoms with Gasteiger partial charge in [-0.15, -0.1) is 0 Å². The lowest BCUT2D eigenvalue weighted by atomic mass is 10.1. The molecule has 1 saturated heterocycles. The predicted molar refractivity (Wildman–Crippen MR) is 64.0 cm³/mol. The summed E-state index contributed by atoms with van der Waals surface area (Å²) in [6, 6.07) is 0. The molecule has 0 spiro atoms. The molecule has 0 saturated carbocycles. The molecule has 0 amide bonds. The van der Waals surface area contributed by atoms with Gasteiger partial charge in [-0.3, -0.25) is 5.10 Å². The van der Waals surface area contributed by atoms with Gasteiger partial charge in [-0.1, -0.05) is 0 Å². The van der Waals surface area contributed by atoms with Crippen LogP contribution in [-0.2, 0) is 19.5 Å². The van der Waals surface area contributed by atoms with Gasteiger partial charge in [-0.25, -0.2) is 18.4 Å². The van der Waals surface area contributed by atoms with Crippen molar-refractivity contribution in [1.29, 1.82) is 0 Å². The molecular formula is C10H15N3O5S. The summed E-state index contributed by atoms with van der Waals surface area (Å²) in [6.07, 6.45) is 0.881. The molecule has 1 aliphatic heterocycles. The van der Waals surface area contributed by atoms with Crippen LogP contribution in [0.3, 0.4) is 0 Å². The summed E-state index contributed by atoms with van der Waals surface area (Å²) in [4.78, 5) is 11.6. The van der Waals surface area contributed by atoms with Gasteiger partial charge in [0.05, 0.1) is 18.9 Å². The number of hydrogen-bond acceptors (Lipinski definition) is 6. The van der Waals surface area contributed by atoms with Gasteiger partial charge in [0.25, 0.3) is 0 Å². The van der Waals surface area contributed by atoms with Gasteiger partial charge in [-0.2, -0.15) is 5.10 Å². The number of aromatic nitrogens is 2. The Morgan fingerprint density at radius 1 is 1.47 bits per heavy atom.